The van der Waals surface area contributed by atoms with Gasteiger partial charge in [-0.25, -0.2) is 13.2 Å². The van der Waals surface area contributed by atoms with Crippen LogP contribution in [0.4, 0.5) is 13.2 Å². The monoisotopic (exact) mass is 412 g/mol. The van der Waals surface area contributed by atoms with Crippen LogP contribution in [0.25, 0.3) is 0 Å². The molecule has 0 bridgehead atoms. The molecule has 0 saturated carbocycles. The molecule has 3 rings (SSSR count). The van der Waals surface area contributed by atoms with Crippen molar-refractivity contribution in [3.8, 4) is 0 Å². The Bertz CT molecular complexity index is 792. The number of rotatable bonds is 3. The Morgan fingerprint density at radius 3 is 2.28 bits per heavy atom. The SMILES string of the molecule is O=C(c1ccc(F)c(F)c1)N1CCN(Cc2ccc(Br)cc2F)CC1. The minimum Gasteiger partial charge on any atom is -0.336 e. The third-order valence-electron chi connectivity index (χ3n) is 4.24. The van der Waals surface area contributed by atoms with E-state index in [9.17, 15) is 18.0 Å². The molecular formula is C18H16BrF3N2O. The lowest BCUT2D eigenvalue weighted by Crippen LogP contribution is -2.48. The van der Waals surface area contributed by atoms with Crippen LogP contribution >= 0.6 is 15.9 Å². The molecule has 1 aliphatic rings. The summed E-state index contributed by atoms with van der Waals surface area (Å²) >= 11 is 3.23. The molecule has 0 unspecified atom stereocenters. The highest BCUT2D eigenvalue weighted by Crippen LogP contribution is 2.18. The van der Waals surface area contributed by atoms with E-state index in [1.165, 1.54) is 12.1 Å². The van der Waals surface area contributed by atoms with Crippen LogP contribution in [0.3, 0.4) is 0 Å². The average Bonchev–Trinajstić information content (AvgIpc) is 2.60. The molecule has 0 radical (unpaired) electrons. The van der Waals surface area contributed by atoms with Gasteiger partial charge in [0.1, 0.15) is 5.82 Å². The Morgan fingerprint density at radius 2 is 1.64 bits per heavy atom. The molecule has 1 aliphatic heterocycles. The summed E-state index contributed by atoms with van der Waals surface area (Å²) in [5.74, 6) is -2.60. The van der Waals surface area contributed by atoms with E-state index in [2.05, 4.69) is 20.8 Å². The Morgan fingerprint density at radius 1 is 0.920 bits per heavy atom. The van der Waals surface area contributed by atoms with E-state index in [0.717, 1.165) is 12.1 Å². The third kappa shape index (κ3) is 4.22. The Labute approximate surface area is 152 Å². The first-order valence-electron chi connectivity index (χ1n) is 7.84. The van der Waals surface area contributed by atoms with Crippen LogP contribution in [0, 0.1) is 17.5 Å². The highest BCUT2D eigenvalue weighted by Gasteiger charge is 2.23. The molecule has 1 amide bonds. The fraction of sp³-hybridized carbons (Fsp3) is 0.278. The first-order chi connectivity index (χ1) is 11.9. The van der Waals surface area contributed by atoms with Crippen molar-refractivity contribution in [2.75, 3.05) is 26.2 Å². The van der Waals surface area contributed by atoms with Gasteiger partial charge in [0.25, 0.3) is 5.91 Å². The topological polar surface area (TPSA) is 23.6 Å². The highest BCUT2D eigenvalue weighted by molar-refractivity contribution is 9.10. The van der Waals surface area contributed by atoms with Crippen molar-refractivity contribution >= 4 is 21.8 Å². The molecule has 0 aliphatic carbocycles. The van der Waals surface area contributed by atoms with Crippen LogP contribution in [0.2, 0.25) is 0 Å². The van der Waals surface area contributed by atoms with Crippen molar-refractivity contribution in [2.24, 2.45) is 0 Å². The molecule has 1 heterocycles. The normalized spacial score (nSPS) is 15.4. The summed E-state index contributed by atoms with van der Waals surface area (Å²) in [7, 11) is 0. The largest absolute Gasteiger partial charge is 0.336 e. The number of hydrogen-bond donors (Lipinski definition) is 0. The third-order valence-corrected chi connectivity index (χ3v) is 4.73. The maximum atomic E-state index is 13.9. The van der Waals surface area contributed by atoms with E-state index in [4.69, 9.17) is 0 Å². The van der Waals surface area contributed by atoms with Crippen LogP contribution in [-0.2, 0) is 6.54 Å². The molecular weight excluding hydrogens is 397 g/mol. The second-order valence-electron chi connectivity index (χ2n) is 5.93. The number of carbonyl (C=O) groups is 1. The number of amides is 1. The number of carbonyl (C=O) groups excluding carboxylic acids is 1. The van der Waals surface area contributed by atoms with Crippen LogP contribution in [0.1, 0.15) is 15.9 Å². The average molecular weight is 413 g/mol. The summed E-state index contributed by atoms with van der Waals surface area (Å²) < 4.78 is 40.9. The molecule has 0 atom stereocenters. The number of halogens is 4. The molecule has 2 aromatic rings. The van der Waals surface area contributed by atoms with Gasteiger partial charge >= 0.3 is 0 Å². The van der Waals surface area contributed by atoms with Crippen LogP contribution in [0.15, 0.2) is 40.9 Å². The van der Waals surface area contributed by atoms with Crippen molar-refractivity contribution in [2.45, 2.75) is 6.54 Å². The zero-order chi connectivity index (χ0) is 18.0. The molecule has 0 spiro atoms. The fourth-order valence-corrected chi connectivity index (χ4v) is 3.14. The first-order valence-corrected chi connectivity index (χ1v) is 8.64. The van der Waals surface area contributed by atoms with Crippen molar-refractivity contribution in [1.29, 1.82) is 0 Å². The number of benzene rings is 2. The lowest BCUT2D eigenvalue weighted by molar-refractivity contribution is 0.0626. The van der Waals surface area contributed by atoms with E-state index in [1.54, 1.807) is 17.0 Å². The lowest BCUT2D eigenvalue weighted by Gasteiger charge is -2.34. The summed E-state index contributed by atoms with van der Waals surface area (Å²) in [5, 5.41) is 0. The van der Waals surface area contributed by atoms with Gasteiger partial charge < -0.3 is 4.90 Å². The molecule has 0 N–H and O–H groups in total. The number of hydrogen-bond acceptors (Lipinski definition) is 2. The maximum absolute atomic E-state index is 13.9. The molecule has 2 aromatic carbocycles. The molecule has 7 heteroatoms. The fourth-order valence-electron chi connectivity index (χ4n) is 2.81. The van der Waals surface area contributed by atoms with E-state index in [-0.39, 0.29) is 17.3 Å². The molecule has 3 nitrogen and oxygen atoms in total. The quantitative estimate of drug-likeness (QED) is 0.764. The summed E-state index contributed by atoms with van der Waals surface area (Å²) in [6.45, 7) is 2.55. The van der Waals surface area contributed by atoms with Gasteiger partial charge in [-0.05, 0) is 30.3 Å². The van der Waals surface area contributed by atoms with Crippen molar-refractivity contribution < 1.29 is 18.0 Å². The molecule has 1 saturated heterocycles. The van der Waals surface area contributed by atoms with Gasteiger partial charge in [0.2, 0.25) is 0 Å². The predicted octanol–water partition coefficient (Wildman–Crippen LogP) is 3.82. The van der Waals surface area contributed by atoms with E-state index >= 15 is 0 Å². The predicted molar refractivity (Wildman–Crippen MR) is 91.6 cm³/mol. The first kappa shape index (κ1) is 17.9. The standard InChI is InChI=1S/C18H16BrF3N2O/c19-14-3-1-13(16(21)10-14)11-23-5-7-24(8-6-23)18(25)12-2-4-15(20)17(22)9-12/h1-4,9-10H,5-8,11H2. The van der Waals surface area contributed by atoms with Crippen molar-refractivity contribution in [3.63, 3.8) is 0 Å². The Balaban J connectivity index is 1.59. The second kappa shape index (κ2) is 7.58. The second-order valence-corrected chi connectivity index (χ2v) is 6.85. The van der Waals surface area contributed by atoms with Crippen molar-refractivity contribution in [1.82, 2.24) is 9.80 Å². The van der Waals surface area contributed by atoms with Gasteiger partial charge in [-0.2, -0.15) is 0 Å². The molecule has 0 aromatic heterocycles. The van der Waals surface area contributed by atoms with Crippen LogP contribution in [-0.4, -0.2) is 41.9 Å². The van der Waals surface area contributed by atoms with Crippen LogP contribution in [0.5, 0.6) is 0 Å². The minimum atomic E-state index is -1.03. The Hall–Kier alpha value is -1.86. The zero-order valence-corrected chi connectivity index (χ0v) is 14.9. The summed E-state index contributed by atoms with van der Waals surface area (Å²) in [4.78, 5) is 16.0. The Kier molecular flexibility index (Phi) is 5.44. The van der Waals surface area contributed by atoms with Crippen LogP contribution < -0.4 is 0 Å². The zero-order valence-electron chi connectivity index (χ0n) is 13.3. The van der Waals surface area contributed by atoms with E-state index in [0.29, 0.717) is 42.8 Å². The number of nitrogens with zero attached hydrogens (tertiary/aromatic N) is 2. The maximum Gasteiger partial charge on any atom is 0.254 e. The van der Waals surface area contributed by atoms with E-state index < -0.39 is 11.6 Å². The summed E-state index contributed by atoms with van der Waals surface area (Å²) in [6.07, 6.45) is 0. The number of piperazine rings is 1. The van der Waals surface area contributed by atoms with Gasteiger partial charge in [0.05, 0.1) is 0 Å². The summed E-state index contributed by atoms with van der Waals surface area (Å²) in [6, 6.07) is 8.11. The molecule has 132 valence electrons. The highest BCUT2D eigenvalue weighted by atomic mass is 79.9. The minimum absolute atomic E-state index is 0.131. The van der Waals surface area contributed by atoms with Crippen molar-refractivity contribution in [3.05, 3.63) is 69.4 Å². The van der Waals surface area contributed by atoms with Gasteiger partial charge in [0, 0.05) is 48.3 Å². The molecule has 25 heavy (non-hydrogen) atoms. The molecule has 1 fully saturated rings. The van der Waals surface area contributed by atoms with E-state index in [1.807, 2.05) is 0 Å². The van der Waals surface area contributed by atoms with Gasteiger partial charge in [-0.15, -0.1) is 0 Å². The van der Waals surface area contributed by atoms with Gasteiger partial charge in [-0.3, -0.25) is 9.69 Å². The van der Waals surface area contributed by atoms with Gasteiger partial charge in [0.15, 0.2) is 11.6 Å². The smallest absolute Gasteiger partial charge is 0.254 e. The lowest BCUT2D eigenvalue weighted by atomic mass is 10.1. The van der Waals surface area contributed by atoms with Gasteiger partial charge in [-0.1, -0.05) is 22.0 Å². The summed E-state index contributed by atoms with van der Waals surface area (Å²) in [5.41, 5.74) is 0.731.